The van der Waals surface area contributed by atoms with Crippen molar-refractivity contribution in [3.63, 3.8) is 0 Å². The first-order chi connectivity index (χ1) is 9.70. The van der Waals surface area contributed by atoms with Gasteiger partial charge in [-0.25, -0.2) is 18.2 Å². The van der Waals surface area contributed by atoms with Gasteiger partial charge in [0.15, 0.2) is 0 Å². The Bertz CT molecular complexity index is 818. The lowest BCUT2D eigenvalue weighted by Crippen LogP contribution is -2.14. The molecule has 112 valence electrons. The number of hydrogen-bond donors (Lipinski definition) is 2. The zero-order chi connectivity index (χ0) is 15.8. The molecule has 0 aliphatic rings. The Morgan fingerprint density at radius 1 is 1.38 bits per heavy atom. The predicted octanol–water partition coefficient (Wildman–Crippen LogP) is 3.48. The first-order valence-corrected chi connectivity index (χ1v) is 9.27. The number of anilines is 1. The second kappa shape index (κ2) is 6.03. The lowest BCUT2D eigenvalue weighted by atomic mass is 10.3. The van der Waals surface area contributed by atoms with E-state index in [9.17, 15) is 13.2 Å². The normalized spacial score (nSPS) is 11.4. The Balaban J connectivity index is 2.41. The molecule has 0 unspecified atom stereocenters. The van der Waals surface area contributed by atoms with Crippen molar-refractivity contribution < 1.29 is 18.3 Å². The number of aryl methyl sites for hydroxylation is 1. The molecule has 2 aromatic heterocycles. The molecule has 6 nitrogen and oxygen atoms in total. The number of halogens is 2. The van der Waals surface area contributed by atoms with E-state index in [0.717, 1.165) is 21.9 Å². The Hall–Kier alpha value is -0.970. The Morgan fingerprint density at radius 2 is 2.05 bits per heavy atom. The molecule has 0 fully saturated rings. The highest BCUT2D eigenvalue weighted by molar-refractivity contribution is 9.11. The van der Waals surface area contributed by atoms with Crippen LogP contribution in [0.15, 0.2) is 31.5 Å². The van der Waals surface area contributed by atoms with Crippen LogP contribution in [0.25, 0.3) is 0 Å². The standard InChI is InChI=1S/C11H8Br2N2O4S2/c1-5-2-6(12)4-14-10(5)15-21(18,19)8-3-7(11(16)17)20-9(8)13/h2-4H,1H3,(H,14,15)(H,16,17). The number of pyridine rings is 1. The second-order valence-electron chi connectivity index (χ2n) is 3.98. The number of sulfonamides is 1. The molecule has 0 aliphatic heterocycles. The summed E-state index contributed by atoms with van der Waals surface area (Å²) in [7, 11) is -3.92. The number of carbonyl (C=O) groups is 1. The minimum absolute atomic E-state index is 0.0669. The highest BCUT2D eigenvalue weighted by Gasteiger charge is 2.24. The summed E-state index contributed by atoms with van der Waals surface area (Å²) in [5.74, 6) is -0.992. The fourth-order valence-corrected chi connectivity index (χ4v) is 5.40. The maximum Gasteiger partial charge on any atom is 0.345 e. The quantitative estimate of drug-likeness (QED) is 0.735. The first-order valence-electron chi connectivity index (χ1n) is 5.38. The van der Waals surface area contributed by atoms with Gasteiger partial charge in [0.2, 0.25) is 0 Å². The maximum absolute atomic E-state index is 12.3. The molecule has 21 heavy (non-hydrogen) atoms. The molecule has 0 aromatic carbocycles. The van der Waals surface area contributed by atoms with Crippen molar-refractivity contribution in [1.29, 1.82) is 0 Å². The van der Waals surface area contributed by atoms with Gasteiger partial charge >= 0.3 is 5.97 Å². The minimum atomic E-state index is -3.92. The van der Waals surface area contributed by atoms with Crippen LogP contribution >= 0.6 is 43.2 Å². The van der Waals surface area contributed by atoms with E-state index in [1.54, 1.807) is 13.0 Å². The minimum Gasteiger partial charge on any atom is -0.477 e. The fraction of sp³-hybridized carbons (Fsp3) is 0.0909. The monoisotopic (exact) mass is 454 g/mol. The zero-order valence-corrected chi connectivity index (χ0v) is 15.2. The largest absolute Gasteiger partial charge is 0.477 e. The molecule has 2 rings (SSSR count). The van der Waals surface area contributed by atoms with Crippen molar-refractivity contribution >= 4 is 65.0 Å². The highest BCUT2D eigenvalue weighted by Crippen LogP contribution is 2.33. The lowest BCUT2D eigenvalue weighted by Gasteiger charge is -2.09. The summed E-state index contributed by atoms with van der Waals surface area (Å²) in [5, 5.41) is 8.91. The molecular weight excluding hydrogens is 448 g/mol. The smallest absolute Gasteiger partial charge is 0.345 e. The SMILES string of the molecule is Cc1cc(Br)cnc1NS(=O)(=O)c1cc(C(=O)O)sc1Br. The number of aromatic nitrogens is 1. The number of carboxylic acids is 1. The van der Waals surface area contributed by atoms with E-state index in [1.807, 2.05) is 0 Å². The molecule has 2 N–H and O–H groups in total. The first kappa shape index (κ1) is 16.4. The average Bonchev–Trinajstić information content (AvgIpc) is 2.76. The topological polar surface area (TPSA) is 96.4 Å². The third-order valence-corrected chi connectivity index (χ3v) is 6.44. The fourth-order valence-electron chi connectivity index (χ4n) is 1.47. The van der Waals surface area contributed by atoms with Gasteiger partial charge in [-0.3, -0.25) is 4.72 Å². The molecule has 0 saturated carbocycles. The Morgan fingerprint density at radius 3 is 2.57 bits per heavy atom. The van der Waals surface area contributed by atoms with Gasteiger partial charge < -0.3 is 5.11 Å². The number of nitrogens with zero attached hydrogens (tertiary/aromatic N) is 1. The van der Waals surface area contributed by atoms with Gasteiger partial charge in [0.1, 0.15) is 15.6 Å². The van der Waals surface area contributed by atoms with Crippen molar-refractivity contribution in [3.05, 3.63) is 37.0 Å². The third kappa shape index (κ3) is 3.62. The number of thiophene rings is 1. The van der Waals surface area contributed by atoms with Crippen LogP contribution < -0.4 is 4.72 Å². The molecule has 0 bridgehead atoms. The van der Waals surface area contributed by atoms with Gasteiger partial charge in [-0.05, 0) is 56.5 Å². The number of carboxylic acid groups (broad SMARTS) is 1. The number of rotatable bonds is 4. The van der Waals surface area contributed by atoms with Gasteiger partial charge in [0, 0.05) is 10.7 Å². The molecule has 0 atom stereocenters. The van der Waals surface area contributed by atoms with E-state index >= 15 is 0 Å². The second-order valence-corrected chi connectivity index (χ2v) is 8.91. The molecule has 0 saturated heterocycles. The van der Waals surface area contributed by atoms with Crippen LogP contribution in [0.3, 0.4) is 0 Å². The van der Waals surface area contributed by atoms with Crippen LogP contribution in [0.2, 0.25) is 0 Å². The molecular formula is C11H8Br2N2O4S2. The predicted molar refractivity (Wildman–Crippen MR) is 86.5 cm³/mol. The molecule has 0 amide bonds. The molecule has 2 heterocycles. The summed E-state index contributed by atoms with van der Waals surface area (Å²) < 4.78 is 27.9. The van der Waals surface area contributed by atoms with Gasteiger partial charge in [0.25, 0.3) is 10.0 Å². The van der Waals surface area contributed by atoms with Gasteiger partial charge in [-0.2, -0.15) is 0 Å². The van der Waals surface area contributed by atoms with E-state index in [0.29, 0.717) is 5.56 Å². The molecule has 0 aliphatic carbocycles. The summed E-state index contributed by atoms with van der Waals surface area (Å²) >= 11 is 7.15. The Kier molecular flexibility index (Phi) is 4.71. The third-order valence-electron chi connectivity index (χ3n) is 2.43. The zero-order valence-electron chi connectivity index (χ0n) is 10.4. The summed E-state index contributed by atoms with van der Waals surface area (Å²) in [6.07, 6.45) is 1.47. The van der Waals surface area contributed by atoms with Crippen LogP contribution in [-0.4, -0.2) is 24.5 Å². The van der Waals surface area contributed by atoms with Gasteiger partial charge in [0.05, 0.1) is 3.79 Å². The highest BCUT2D eigenvalue weighted by atomic mass is 79.9. The molecule has 0 spiro atoms. The molecule has 2 aromatic rings. The van der Waals surface area contributed by atoms with Crippen LogP contribution in [0.5, 0.6) is 0 Å². The van der Waals surface area contributed by atoms with Gasteiger partial charge in [-0.1, -0.05) is 0 Å². The van der Waals surface area contributed by atoms with Gasteiger partial charge in [-0.15, -0.1) is 11.3 Å². The average molecular weight is 456 g/mol. The van der Waals surface area contributed by atoms with Crippen molar-refractivity contribution in [2.75, 3.05) is 4.72 Å². The van der Waals surface area contributed by atoms with Crippen molar-refractivity contribution in [2.24, 2.45) is 0 Å². The number of hydrogen-bond acceptors (Lipinski definition) is 5. The van der Waals surface area contributed by atoms with Crippen molar-refractivity contribution in [3.8, 4) is 0 Å². The molecule has 0 radical (unpaired) electrons. The van der Waals surface area contributed by atoms with Crippen molar-refractivity contribution in [2.45, 2.75) is 11.8 Å². The van der Waals surface area contributed by atoms with Crippen LogP contribution in [-0.2, 0) is 10.0 Å². The molecule has 10 heteroatoms. The van der Waals surface area contributed by atoms with E-state index in [4.69, 9.17) is 5.11 Å². The number of nitrogens with one attached hydrogen (secondary N) is 1. The summed E-state index contributed by atoms with van der Waals surface area (Å²) in [6, 6.07) is 2.82. The van der Waals surface area contributed by atoms with E-state index in [-0.39, 0.29) is 19.4 Å². The summed E-state index contributed by atoms with van der Waals surface area (Å²) in [6.45, 7) is 1.71. The van der Waals surface area contributed by atoms with E-state index < -0.39 is 16.0 Å². The summed E-state index contributed by atoms with van der Waals surface area (Å²) in [4.78, 5) is 14.7. The number of aromatic carboxylic acids is 1. The van der Waals surface area contributed by atoms with Crippen LogP contribution in [0.1, 0.15) is 15.2 Å². The summed E-state index contributed by atoms with van der Waals surface area (Å²) in [5.41, 5.74) is 0.637. The Labute approximate surface area is 141 Å². The van der Waals surface area contributed by atoms with Crippen LogP contribution in [0.4, 0.5) is 5.82 Å². The van der Waals surface area contributed by atoms with E-state index in [1.165, 1.54) is 6.20 Å². The van der Waals surface area contributed by atoms with Crippen molar-refractivity contribution in [1.82, 2.24) is 4.98 Å². The van der Waals surface area contributed by atoms with E-state index in [2.05, 4.69) is 41.6 Å². The van der Waals surface area contributed by atoms with Crippen LogP contribution in [0, 0.1) is 6.92 Å². The lowest BCUT2D eigenvalue weighted by molar-refractivity contribution is 0.0702. The maximum atomic E-state index is 12.3.